The minimum atomic E-state index is -0.727. The number of carboxylic acids is 1. The Labute approximate surface area is 91.1 Å². The van der Waals surface area contributed by atoms with Gasteiger partial charge < -0.3 is 5.11 Å². The van der Waals surface area contributed by atoms with Crippen molar-refractivity contribution < 1.29 is 9.90 Å². The lowest BCUT2D eigenvalue weighted by molar-refractivity contribution is -0.140. The van der Waals surface area contributed by atoms with Crippen LogP contribution in [0.25, 0.3) is 0 Å². The van der Waals surface area contributed by atoms with Gasteiger partial charge in [0.15, 0.2) is 0 Å². The van der Waals surface area contributed by atoms with Gasteiger partial charge in [0.05, 0.1) is 5.92 Å². The highest BCUT2D eigenvalue weighted by Gasteiger charge is 2.23. The summed E-state index contributed by atoms with van der Waals surface area (Å²) >= 11 is 0. The minimum absolute atomic E-state index is 0.193. The van der Waals surface area contributed by atoms with Crippen LogP contribution >= 0.6 is 20.1 Å². The molecule has 14 heavy (non-hydrogen) atoms. The molecule has 0 heterocycles. The molecule has 0 saturated carbocycles. The summed E-state index contributed by atoms with van der Waals surface area (Å²) in [5.74, 6) is 0.00306. The van der Waals surface area contributed by atoms with Crippen LogP contribution in [0.5, 0.6) is 0 Å². The van der Waals surface area contributed by atoms with E-state index in [1.165, 1.54) is 5.08 Å². The van der Waals surface area contributed by atoms with Gasteiger partial charge in [-0.25, -0.2) is 20.1 Å². The monoisotopic (exact) mass is 240 g/mol. The van der Waals surface area contributed by atoms with Crippen LogP contribution in [0.1, 0.15) is 6.92 Å². The van der Waals surface area contributed by atoms with Gasteiger partial charge in [-0.1, -0.05) is 6.92 Å². The number of hydrogen-bond acceptors (Lipinski definition) is 1. The Kier molecular flexibility index (Phi) is 4.85. The fraction of sp³-hybridized carbons (Fsp3) is 0.900. The summed E-state index contributed by atoms with van der Waals surface area (Å²) in [4.78, 5) is 10.8. The second-order valence-electron chi connectivity index (χ2n) is 5.38. The van der Waals surface area contributed by atoms with Gasteiger partial charge in [-0.3, -0.25) is 4.79 Å². The van der Waals surface area contributed by atoms with E-state index in [9.17, 15) is 4.79 Å². The highest BCUT2D eigenvalue weighted by atomic mass is 32.3. The Balaban J connectivity index is 4.27. The molecular formula is C10H24O2S2. The molecule has 1 N–H and O–H groups in total. The molecular weight excluding hydrogens is 216 g/mol. The summed E-state index contributed by atoms with van der Waals surface area (Å²) in [5.41, 5.74) is 0. The summed E-state index contributed by atoms with van der Waals surface area (Å²) < 4.78 is 0. The Hall–Kier alpha value is 0.170. The number of hydrogen-bond donors (Lipinski definition) is 1. The first-order chi connectivity index (χ1) is 6.03. The van der Waals surface area contributed by atoms with E-state index in [1.807, 2.05) is 6.92 Å². The second kappa shape index (κ2) is 4.79. The Morgan fingerprint density at radius 3 is 1.93 bits per heavy atom. The van der Waals surface area contributed by atoms with E-state index in [4.69, 9.17) is 5.11 Å². The first-order valence-corrected chi connectivity index (χ1v) is 10.4. The van der Waals surface area contributed by atoms with Gasteiger partial charge in [0.25, 0.3) is 0 Å². The molecule has 0 rings (SSSR count). The van der Waals surface area contributed by atoms with Gasteiger partial charge in [-0.2, -0.15) is 0 Å². The Morgan fingerprint density at radius 2 is 1.64 bits per heavy atom. The van der Waals surface area contributed by atoms with E-state index in [0.717, 1.165) is 5.75 Å². The van der Waals surface area contributed by atoms with E-state index in [0.29, 0.717) is 0 Å². The summed E-state index contributed by atoms with van der Waals surface area (Å²) in [5, 5.41) is 10.1. The molecule has 88 valence electrons. The smallest absolute Gasteiger partial charge is 0.306 e. The first kappa shape index (κ1) is 14.2. The maximum atomic E-state index is 10.8. The third-order valence-corrected chi connectivity index (χ3v) is 8.58. The lowest BCUT2D eigenvalue weighted by atomic mass is 10.2. The van der Waals surface area contributed by atoms with Crippen LogP contribution in [0.3, 0.4) is 0 Å². The highest BCUT2D eigenvalue weighted by molar-refractivity contribution is 8.47. The van der Waals surface area contributed by atoms with Crippen LogP contribution in [0.4, 0.5) is 0 Å². The van der Waals surface area contributed by atoms with Crippen molar-refractivity contribution in [3.63, 3.8) is 0 Å². The molecule has 0 aliphatic heterocycles. The maximum Gasteiger partial charge on any atom is 0.306 e. The van der Waals surface area contributed by atoms with Gasteiger partial charge in [0.1, 0.15) is 0 Å². The summed E-state index contributed by atoms with van der Waals surface area (Å²) in [7, 11) is -1.24. The van der Waals surface area contributed by atoms with Crippen molar-refractivity contribution in [2.24, 2.45) is 5.92 Å². The molecule has 1 atom stereocenters. The van der Waals surface area contributed by atoms with Crippen molar-refractivity contribution in [1.29, 1.82) is 0 Å². The van der Waals surface area contributed by atoms with Gasteiger partial charge in [-0.05, 0) is 37.0 Å². The fourth-order valence-corrected chi connectivity index (χ4v) is 11.3. The average Bonchev–Trinajstić information content (AvgIpc) is 1.78. The topological polar surface area (TPSA) is 37.3 Å². The maximum absolute atomic E-state index is 10.8. The molecule has 0 aromatic heterocycles. The van der Waals surface area contributed by atoms with Crippen molar-refractivity contribution in [3.8, 4) is 0 Å². The zero-order valence-electron chi connectivity index (χ0n) is 10.2. The number of aliphatic carboxylic acids is 1. The minimum Gasteiger partial charge on any atom is -0.481 e. The van der Waals surface area contributed by atoms with Gasteiger partial charge in [0.2, 0.25) is 0 Å². The van der Waals surface area contributed by atoms with Crippen LogP contribution in [-0.4, -0.2) is 53.2 Å². The predicted molar refractivity (Wildman–Crippen MR) is 71.3 cm³/mol. The zero-order valence-corrected chi connectivity index (χ0v) is 11.8. The SMILES string of the molecule is CC(CS(C)(C)CS(C)(C)C)C(=O)O. The van der Waals surface area contributed by atoms with Gasteiger partial charge in [0, 0.05) is 5.08 Å². The van der Waals surface area contributed by atoms with Gasteiger partial charge in [-0.15, -0.1) is 0 Å². The summed E-state index contributed by atoms with van der Waals surface area (Å²) in [6.45, 7) is 1.81. The molecule has 4 heteroatoms. The Morgan fingerprint density at radius 1 is 1.21 bits per heavy atom. The molecule has 0 aliphatic carbocycles. The van der Waals surface area contributed by atoms with E-state index >= 15 is 0 Å². The molecule has 0 saturated heterocycles. The molecule has 2 nitrogen and oxygen atoms in total. The summed E-state index contributed by atoms with van der Waals surface area (Å²) in [6, 6.07) is 0. The Bertz CT molecular complexity index is 207. The molecule has 0 aliphatic rings. The lowest BCUT2D eigenvalue weighted by Crippen LogP contribution is -2.21. The van der Waals surface area contributed by atoms with Crippen LogP contribution in [0.15, 0.2) is 0 Å². The first-order valence-electron chi connectivity index (χ1n) is 4.61. The van der Waals surface area contributed by atoms with E-state index < -0.39 is 26.0 Å². The third-order valence-electron chi connectivity index (χ3n) is 1.80. The van der Waals surface area contributed by atoms with Crippen molar-refractivity contribution >= 4 is 26.0 Å². The van der Waals surface area contributed by atoms with Gasteiger partial charge >= 0.3 is 5.97 Å². The van der Waals surface area contributed by atoms with Crippen LogP contribution in [0, 0.1) is 5.92 Å². The van der Waals surface area contributed by atoms with E-state index in [1.54, 1.807) is 0 Å². The average molecular weight is 240 g/mol. The number of carbonyl (C=O) groups is 1. The largest absolute Gasteiger partial charge is 0.481 e. The molecule has 0 fully saturated rings. The van der Waals surface area contributed by atoms with Crippen molar-refractivity contribution in [2.45, 2.75) is 6.92 Å². The predicted octanol–water partition coefficient (Wildman–Crippen LogP) is 2.42. The zero-order chi connectivity index (χ0) is 11.6. The van der Waals surface area contributed by atoms with E-state index in [-0.39, 0.29) is 5.92 Å². The highest BCUT2D eigenvalue weighted by Crippen LogP contribution is 2.54. The molecule has 0 bridgehead atoms. The lowest BCUT2D eigenvalue weighted by Gasteiger charge is -2.41. The van der Waals surface area contributed by atoms with Crippen LogP contribution < -0.4 is 0 Å². The van der Waals surface area contributed by atoms with Crippen LogP contribution in [-0.2, 0) is 4.79 Å². The van der Waals surface area contributed by atoms with Crippen LogP contribution in [0.2, 0.25) is 0 Å². The molecule has 0 spiro atoms. The normalized spacial score (nSPS) is 17.6. The fourth-order valence-electron chi connectivity index (χ4n) is 1.75. The molecule has 0 radical (unpaired) electrons. The summed E-state index contributed by atoms with van der Waals surface area (Å²) in [6.07, 6.45) is 11.4. The molecule has 1 unspecified atom stereocenters. The molecule has 0 aromatic rings. The number of rotatable bonds is 5. The standard InChI is InChI=1S/C10H24O2S2/c1-9(10(11)12)7-14(5,6)8-13(2,3)4/h9H,7-8H2,1-6H3,(H,11,12). The second-order valence-corrected chi connectivity index (χ2v) is 14.4. The van der Waals surface area contributed by atoms with E-state index in [2.05, 4.69) is 31.3 Å². The number of carboxylic acid groups (broad SMARTS) is 1. The van der Waals surface area contributed by atoms with Crippen molar-refractivity contribution in [1.82, 2.24) is 0 Å². The molecule has 0 aromatic carbocycles. The third kappa shape index (κ3) is 6.60. The molecule has 0 amide bonds. The van der Waals surface area contributed by atoms with Crippen molar-refractivity contribution in [3.05, 3.63) is 0 Å². The van der Waals surface area contributed by atoms with Crippen molar-refractivity contribution in [2.75, 3.05) is 42.1 Å². The quantitative estimate of drug-likeness (QED) is 0.801.